The highest BCUT2D eigenvalue weighted by molar-refractivity contribution is 5.85. The molecule has 3 rings (SSSR count). The summed E-state index contributed by atoms with van der Waals surface area (Å²) in [6.45, 7) is 8.27. The maximum Gasteiger partial charge on any atom is 0.336 e. The molecule has 2 atom stereocenters. The summed E-state index contributed by atoms with van der Waals surface area (Å²) in [6, 6.07) is 6.36. The number of ether oxygens (including phenoxy) is 3. The summed E-state index contributed by atoms with van der Waals surface area (Å²) < 4.78 is 22.6. The molecule has 0 amide bonds. The van der Waals surface area contributed by atoms with Crippen molar-refractivity contribution in [1.29, 1.82) is 0 Å². The third kappa shape index (κ3) is 3.78. The summed E-state index contributed by atoms with van der Waals surface area (Å²) in [5.41, 5.74) is -0.193. The average Bonchev–Trinajstić information content (AvgIpc) is 2.56. The largest absolute Gasteiger partial charge is 0.483 e. The van der Waals surface area contributed by atoms with Crippen molar-refractivity contribution in [3.8, 4) is 5.75 Å². The number of hydrogen-bond donors (Lipinski definition) is 0. The summed E-state index contributed by atoms with van der Waals surface area (Å²) in [7, 11) is 0. The summed E-state index contributed by atoms with van der Waals surface area (Å²) in [4.78, 5) is 35.9. The minimum Gasteiger partial charge on any atom is -0.483 e. The molecule has 1 aromatic heterocycles. The van der Waals surface area contributed by atoms with Gasteiger partial charge >= 0.3 is 17.6 Å². The number of esters is 2. The van der Waals surface area contributed by atoms with Crippen molar-refractivity contribution in [3.63, 3.8) is 0 Å². The van der Waals surface area contributed by atoms with Gasteiger partial charge in [0.2, 0.25) is 0 Å². The molecule has 0 unspecified atom stereocenters. The summed E-state index contributed by atoms with van der Waals surface area (Å²) in [5.74, 6) is -0.747. The summed E-state index contributed by atoms with van der Waals surface area (Å²) in [6.07, 6.45) is -0.609. The monoisotopic (exact) mass is 386 g/mol. The Morgan fingerprint density at radius 1 is 1.07 bits per heavy atom. The van der Waals surface area contributed by atoms with Gasteiger partial charge in [0.05, 0.1) is 5.56 Å². The fourth-order valence-corrected chi connectivity index (χ4v) is 3.25. The number of benzene rings is 1. The van der Waals surface area contributed by atoms with Crippen LogP contribution in [0.3, 0.4) is 0 Å². The van der Waals surface area contributed by atoms with Gasteiger partial charge in [-0.05, 0) is 45.9 Å². The summed E-state index contributed by atoms with van der Waals surface area (Å²) >= 11 is 0. The average molecular weight is 386 g/mol. The molecular weight excluding hydrogens is 364 g/mol. The Kier molecular flexibility index (Phi) is 5.02. The number of allylic oxidation sites excluding steroid dienone is 1. The number of rotatable bonds is 3. The highest BCUT2D eigenvalue weighted by Crippen LogP contribution is 2.46. The fraction of sp³-hybridized carbons (Fsp3) is 0.381. The first-order valence-corrected chi connectivity index (χ1v) is 8.87. The maximum absolute atomic E-state index is 12.3. The first-order chi connectivity index (χ1) is 13.1. The highest BCUT2D eigenvalue weighted by atomic mass is 16.6. The second kappa shape index (κ2) is 7.14. The van der Waals surface area contributed by atoms with Crippen LogP contribution in [0.4, 0.5) is 0 Å². The van der Waals surface area contributed by atoms with Crippen LogP contribution >= 0.6 is 0 Å². The van der Waals surface area contributed by atoms with Gasteiger partial charge in [-0.25, -0.2) is 9.59 Å². The van der Waals surface area contributed by atoms with Crippen molar-refractivity contribution in [2.75, 3.05) is 0 Å². The molecule has 148 valence electrons. The van der Waals surface area contributed by atoms with Gasteiger partial charge in [0, 0.05) is 24.5 Å². The molecule has 2 heterocycles. The van der Waals surface area contributed by atoms with Gasteiger partial charge in [-0.2, -0.15) is 0 Å². The van der Waals surface area contributed by atoms with Crippen LogP contribution in [0.2, 0.25) is 0 Å². The Bertz CT molecular complexity index is 1020. The van der Waals surface area contributed by atoms with Crippen molar-refractivity contribution in [1.82, 2.24) is 0 Å². The van der Waals surface area contributed by atoms with Gasteiger partial charge in [-0.3, -0.25) is 4.79 Å². The lowest BCUT2D eigenvalue weighted by atomic mass is 9.87. The Labute approximate surface area is 161 Å². The lowest BCUT2D eigenvalue weighted by Gasteiger charge is -2.43. The molecule has 1 aliphatic heterocycles. The van der Waals surface area contributed by atoms with E-state index in [0.717, 1.165) is 5.57 Å². The molecule has 0 fully saturated rings. The molecule has 0 saturated heterocycles. The molecule has 28 heavy (non-hydrogen) atoms. The smallest absolute Gasteiger partial charge is 0.336 e. The molecule has 7 nitrogen and oxygen atoms in total. The first-order valence-electron chi connectivity index (χ1n) is 8.87. The Morgan fingerprint density at radius 3 is 2.39 bits per heavy atom. The third-order valence-electron chi connectivity index (χ3n) is 4.35. The van der Waals surface area contributed by atoms with Crippen LogP contribution in [0.1, 0.15) is 46.3 Å². The van der Waals surface area contributed by atoms with Gasteiger partial charge in [0.25, 0.3) is 0 Å². The highest BCUT2D eigenvalue weighted by Gasteiger charge is 2.49. The lowest BCUT2D eigenvalue weighted by molar-refractivity contribution is -0.185. The predicted octanol–water partition coefficient (Wildman–Crippen LogP) is 3.45. The van der Waals surface area contributed by atoms with Gasteiger partial charge in [0.15, 0.2) is 12.2 Å². The van der Waals surface area contributed by atoms with Crippen LogP contribution in [-0.2, 0) is 19.1 Å². The van der Waals surface area contributed by atoms with E-state index in [9.17, 15) is 14.4 Å². The van der Waals surface area contributed by atoms with Gasteiger partial charge in [-0.15, -0.1) is 0 Å². The quantitative estimate of drug-likeness (QED) is 0.453. The normalized spacial score (nSPS) is 19.9. The van der Waals surface area contributed by atoms with E-state index in [-0.39, 0.29) is 5.58 Å². The van der Waals surface area contributed by atoms with Crippen LogP contribution < -0.4 is 10.4 Å². The Morgan fingerprint density at radius 2 is 1.75 bits per heavy atom. The summed E-state index contributed by atoms with van der Waals surface area (Å²) in [5, 5.41) is 0.633. The zero-order chi connectivity index (χ0) is 20.6. The number of fused-ring (bicyclic) bond motifs is 3. The number of carbonyl (C=O) groups excluding carboxylic acids is 2. The van der Waals surface area contributed by atoms with Gasteiger partial charge in [-0.1, -0.05) is 5.57 Å². The van der Waals surface area contributed by atoms with E-state index in [4.69, 9.17) is 18.6 Å². The van der Waals surface area contributed by atoms with Crippen LogP contribution in [0.25, 0.3) is 11.0 Å². The van der Waals surface area contributed by atoms with E-state index in [1.807, 2.05) is 0 Å². The van der Waals surface area contributed by atoms with Crippen LogP contribution in [-0.4, -0.2) is 23.6 Å². The first kappa shape index (κ1) is 19.7. The molecule has 1 aliphatic rings. The minimum absolute atomic E-state index is 0.231. The number of carbonyl (C=O) groups is 2. The molecule has 0 bridgehead atoms. The van der Waals surface area contributed by atoms with Crippen molar-refractivity contribution in [3.05, 3.63) is 51.9 Å². The Hall–Kier alpha value is -3.09. The van der Waals surface area contributed by atoms with E-state index in [1.165, 1.54) is 19.1 Å². The molecule has 0 radical (unpaired) electrons. The second-order valence-electron chi connectivity index (χ2n) is 7.46. The van der Waals surface area contributed by atoms with Crippen molar-refractivity contribution < 1.29 is 28.2 Å². The SMILES string of the molecule is CC(=O)O[C@H]1c2c(ccc3ccc(=O)oc23)OC(C)(C)[C@H]1OC(=O)C=C(C)C. The zero-order valence-electron chi connectivity index (χ0n) is 16.4. The van der Waals surface area contributed by atoms with E-state index in [1.54, 1.807) is 45.9 Å². The van der Waals surface area contributed by atoms with E-state index in [2.05, 4.69) is 0 Å². The minimum atomic E-state index is -1.000. The van der Waals surface area contributed by atoms with Gasteiger partial charge < -0.3 is 18.6 Å². The van der Waals surface area contributed by atoms with Crippen molar-refractivity contribution in [2.45, 2.75) is 52.4 Å². The van der Waals surface area contributed by atoms with Crippen LogP contribution in [0.5, 0.6) is 5.75 Å². The standard InChI is InChI=1S/C21H22O7/c1-11(2)10-16(24)27-20-19(25-12(3)22)17-14(28-21(20,4)5)8-6-13-7-9-15(23)26-18(13)17/h6-10,19-20H,1-5H3/t19-,20-/m0/s1. The van der Waals surface area contributed by atoms with E-state index < -0.39 is 35.4 Å². The molecule has 0 N–H and O–H groups in total. The predicted molar refractivity (Wildman–Crippen MR) is 101 cm³/mol. The molecule has 0 aliphatic carbocycles. The van der Waals surface area contributed by atoms with Crippen LogP contribution in [0, 0.1) is 0 Å². The molecule has 0 saturated carbocycles. The topological polar surface area (TPSA) is 92.0 Å². The van der Waals surface area contributed by atoms with E-state index in [0.29, 0.717) is 16.7 Å². The van der Waals surface area contributed by atoms with Crippen molar-refractivity contribution >= 4 is 22.9 Å². The Balaban J connectivity index is 2.20. The molecule has 0 spiro atoms. The maximum atomic E-state index is 12.3. The van der Waals surface area contributed by atoms with E-state index >= 15 is 0 Å². The lowest BCUT2D eigenvalue weighted by Crippen LogP contribution is -2.52. The van der Waals surface area contributed by atoms with Gasteiger partial charge in [0.1, 0.15) is 16.9 Å². The molecular formula is C21H22O7. The zero-order valence-corrected chi connectivity index (χ0v) is 16.4. The second-order valence-corrected chi connectivity index (χ2v) is 7.46. The van der Waals surface area contributed by atoms with Crippen LogP contribution in [0.15, 0.2) is 45.1 Å². The molecule has 1 aromatic carbocycles. The number of hydrogen-bond acceptors (Lipinski definition) is 7. The van der Waals surface area contributed by atoms with Crippen molar-refractivity contribution in [2.24, 2.45) is 0 Å². The third-order valence-corrected chi connectivity index (χ3v) is 4.35. The molecule has 2 aromatic rings. The molecule has 7 heteroatoms. The fourth-order valence-electron chi connectivity index (χ4n) is 3.25.